The molecule has 0 aliphatic heterocycles. The summed E-state index contributed by atoms with van der Waals surface area (Å²) in [5, 5.41) is 42.2. The van der Waals surface area contributed by atoms with Crippen molar-refractivity contribution < 1.29 is 28.5 Å². The van der Waals surface area contributed by atoms with Crippen molar-refractivity contribution in [3.8, 4) is 66.8 Å². The van der Waals surface area contributed by atoms with Gasteiger partial charge in [0.25, 0.3) is 0 Å². The largest absolute Gasteiger partial charge is 0.494 e. The number of rotatable bonds is 22. The number of nitrogens with zero attached hydrogens (tertiary/aromatic N) is 4. The van der Waals surface area contributed by atoms with Crippen molar-refractivity contribution >= 4 is 84.0 Å². The molecule has 0 bridgehead atoms. The number of benzene rings is 5. The number of fused-ring (bicyclic) bond motifs is 10. The molecule has 5 aliphatic carbocycles. The first kappa shape index (κ1) is 68.0. The van der Waals surface area contributed by atoms with Crippen LogP contribution in [0.4, 0.5) is 0 Å². The quantitative estimate of drug-likeness (QED) is 0.0362. The molecule has 0 saturated carbocycles. The number of nitriles is 4. The minimum absolute atomic E-state index is 0.127. The topological polar surface area (TPSA) is 166 Å². The van der Waals surface area contributed by atoms with Gasteiger partial charge in [-0.25, -0.2) is 0 Å². The molecule has 0 N–H and O–H groups in total. The SMILES string of the molecule is CCCCOc1ccc(C2(c3ccc(OC[C@H](C)CC)cc3)c3cc(/C=C4\C(=O)C5=C(C=CC(C)(C)C=C5)C4=C(C#N)C#N)sc3-c3sc4c5c(sc4c32)-c2sc(/C=C3\C(=O)c4ccccc4C3=C(C#N)C#N)cc2C5(c2ccc(OCCCC)cc2)c2ccc(OC[C@H](C)CC)cc2)cc1. The minimum Gasteiger partial charge on any atom is -0.494 e. The van der Waals surface area contributed by atoms with E-state index in [1.807, 2.05) is 54.7 Å². The van der Waals surface area contributed by atoms with Gasteiger partial charge in [0.15, 0.2) is 11.6 Å². The van der Waals surface area contributed by atoms with E-state index < -0.39 is 10.8 Å². The maximum atomic E-state index is 15.1. The van der Waals surface area contributed by atoms with Crippen molar-refractivity contribution in [3.05, 3.63) is 262 Å². The molecule has 9 aromatic rings. The highest BCUT2D eigenvalue weighted by Gasteiger charge is 2.55. The van der Waals surface area contributed by atoms with E-state index in [1.54, 1.807) is 51.4 Å². The van der Waals surface area contributed by atoms with Gasteiger partial charge in [0, 0.05) is 59.7 Å². The summed E-state index contributed by atoms with van der Waals surface area (Å²) >= 11 is 6.77. The lowest BCUT2D eigenvalue weighted by Gasteiger charge is -2.34. The first-order valence-electron chi connectivity index (χ1n) is 34.8. The van der Waals surface area contributed by atoms with Crippen LogP contribution in [0.15, 0.2) is 197 Å². The van der Waals surface area contributed by atoms with E-state index in [4.69, 9.17) is 18.9 Å². The first-order valence-corrected chi connectivity index (χ1v) is 38.0. The van der Waals surface area contributed by atoms with E-state index in [-0.39, 0.29) is 28.1 Å². The summed E-state index contributed by atoms with van der Waals surface area (Å²) in [6.07, 6.45) is 17.3. The Bertz CT molecular complexity index is 5230. The average Bonchev–Trinajstić information content (AvgIpc) is 1.49. The molecule has 14 rings (SSSR count). The van der Waals surface area contributed by atoms with Gasteiger partial charge in [0.2, 0.25) is 0 Å². The zero-order valence-corrected chi connectivity index (χ0v) is 61.0. The molecule has 10 nitrogen and oxygen atoms in total. The van der Waals surface area contributed by atoms with Crippen LogP contribution in [0, 0.1) is 62.6 Å². The number of allylic oxidation sites excluding steroid dienone is 12. The predicted molar refractivity (Wildman–Crippen MR) is 408 cm³/mol. The Balaban J connectivity index is 1.07. The molecular weight excluding hydrogens is 1330 g/mol. The summed E-state index contributed by atoms with van der Waals surface area (Å²) in [4.78, 5) is 35.7. The molecule has 502 valence electrons. The molecule has 0 amide bonds. The molecule has 2 unspecified atom stereocenters. The van der Waals surface area contributed by atoms with Crippen molar-refractivity contribution in [1.29, 1.82) is 21.0 Å². The van der Waals surface area contributed by atoms with E-state index in [9.17, 15) is 25.8 Å². The number of hydrogen-bond acceptors (Lipinski definition) is 14. The number of thiophene rings is 4. The van der Waals surface area contributed by atoms with Gasteiger partial charge in [0.05, 0.1) is 66.2 Å². The smallest absolute Gasteiger partial charge is 0.194 e. The van der Waals surface area contributed by atoms with Crippen LogP contribution in [0.1, 0.15) is 164 Å². The number of unbranched alkanes of at least 4 members (excludes halogenated alkanes) is 2. The molecule has 14 heteroatoms. The highest BCUT2D eigenvalue weighted by Crippen LogP contribution is 2.70. The van der Waals surface area contributed by atoms with Crippen LogP contribution in [0.25, 0.3) is 46.6 Å². The van der Waals surface area contributed by atoms with Crippen LogP contribution >= 0.6 is 45.3 Å². The second kappa shape index (κ2) is 27.8. The standard InChI is InChI=1S/C87H74N4O6S4/c1-9-13-39-94-59-27-19-55(20-28-59)86(57-23-31-61(32-24-57)96-49-51(5)11-3)71-43-63(41-69-73(53(45-88)46-89)65-17-15-16-18-67(65)77(69)92)98-79(71)81-75(86)83-84(100-81)76-82(101-83)80-72(44-64(99-80)42-70-74(54(47-90)48-91)66-35-37-85(7,8)38-36-68(66)78(70)93)87(76,56-21-29-60(30-22-56)95-40-14-10-2)58-25-33-62(34-26-58)97-50-52(6)12-4/h15-38,41-44,51-52H,9-14,39-40,49-50H2,1-8H3/b69-41-,70-42-/t51-,52-,86?,87?/m1/s1. The molecule has 4 aromatic heterocycles. The molecule has 0 radical (unpaired) electrons. The summed E-state index contributed by atoms with van der Waals surface area (Å²) in [6.45, 7) is 19.4. The van der Waals surface area contributed by atoms with Crippen molar-refractivity contribution in [2.75, 3.05) is 26.4 Å². The van der Waals surface area contributed by atoms with Crippen LogP contribution in [-0.4, -0.2) is 38.0 Å². The number of ether oxygens (including phenoxy) is 4. The van der Waals surface area contributed by atoms with Crippen molar-refractivity contribution in [2.45, 2.75) is 105 Å². The lowest BCUT2D eigenvalue weighted by atomic mass is 9.67. The molecule has 4 heterocycles. The number of hydrogen-bond donors (Lipinski definition) is 0. The summed E-state index contributed by atoms with van der Waals surface area (Å²) < 4.78 is 28.1. The summed E-state index contributed by atoms with van der Waals surface area (Å²) in [7, 11) is 0. The van der Waals surface area contributed by atoms with Gasteiger partial charge in [-0.1, -0.05) is 178 Å². The zero-order valence-electron chi connectivity index (χ0n) is 57.8. The van der Waals surface area contributed by atoms with Gasteiger partial charge in [-0.15, -0.1) is 45.3 Å². The third-order valence-corrected chi connectivity index (χ3v) is 25.3. The van der Waals surface area contributed by atoms with E-state index in [1.165, 1.54) is 0 Å². The number of Topliss-reactive ketones (excluding diaryl/α,β-unsaturated/α-hetero) is 2. The third kappa shape index (κ3) is 11.6. The molecule has 5 aliphatic rings. The Morgan fingerprint density at radius 2 is 0.861 bits per heavy atom. The Hall–Kier alpha value is -10.2. The molecule has 0 saturated heterocycles. The second-order valence-electron chi connectivity index (χ2n) is 27.3. The lowest BCUT2D eigenvalue weighted by molar-refractivity contribution is -0.111. The van der Waals surface area contributed by atoms with Crippen LogP contribution in [0.5, 0.6) is 23.0 Å². The molecule has 0 spiro atoms. The van der Waals surface area contributed by atoms with Gasteiger partial charge in [-0.05, 0) is 142 Å². The van der Waals surface area contributed by atoms with Crippen LogP contribution in [0.2, 0.25) is 0 Å². The van der Waals surface area contributed by atoms with Gasteiger partial charge in [0.1, 0.15) is 58.4 Å². The third-order valence-electron chi connectivity index (χ3n) is 20.3. The maximum Gasteiger partial charge on any atom is 0.194 e. The average molecular weight is 1400 g/mol. The van der Waals surface area contributed by atoms with Crippen molar-refractivity contribution in [3.63, 3.8) is 0 Å². The van der Waals surface area contributed by atoms with Gasteiger partial charge in [-0.2, -0.15) is 21.0 Å². The van der Waals surface area contributed by atoms with Gasteiger partial charge in [-0.3, -0.25) is 9.59 Å². The van der Waals surface area contributed by atoms with Gasteiger partial charge < -0.3 is 18.9 Å². The number of ketones is 2. The van der Waals surface area contributed by atoms with E-state index >= 15 is 4.79 Å². The number of carbonyl (C=O) groups excluding carboxylic acids is 2. The second-order valence-corrected chi connectivity index (χ2v) is 31.5. The van der Waals surface area contributed by atoms with E-state index in [0.29, 0.717) is 82.8 Å². The highest BCUT2D eigenvalue weighted by molar-refractivity contribution is 7.34. The fourth-order valence-corrected chi connectivity index (χ4v) is 20.2. The predicted octanol–water partition coefficient (Wildman–Crippen LogP) is 21.9. The fraction of sp³-hybridized carbons (Fsp3) is 0.264. The van der Waals surface area contributed by atoms with Crippen LogP contribution < -0.4 is 18.9 Å². The number of carbonyl (C=O) groups is 2. The molecule has 5 aromatic carbocycles. The zero-order chi connectivity index (χ0) is 70.5. The molecular formula is C87H74N4O6S4. The monoisotopic (exact) mass is 1400 g/mol. The first-order chi connectivity index (χ1) is 49.1. The van der Waals surface area contributed by atoms with Gasteiger partial charge >= 0.3 is 0 Å². The van der Waals surface area contributed by atoms with Crippen molar-refractivity contribution in [1.82, 2.24) is 0 Å². The molecule has 101 heavy (non-hydrogen) atoms. The Morgan fingerprint density at radius 3 is 1.27 bits per heavy atom. The summed E-state index contributed by atoms with van der Waals surface area (Å²) in [5.74, 6) is 3.23. The lowest BCUT2D eigenvalue weighted by Crippen LogP contribution is -2.28. The van der Waals surface area contributed by atoms with E-state index in [2.05, 4.69) is 189 Å². The minimum atomic E-state index is -1.01. The highest BCUT2D eigenvalue weighted by atomic mass is 32.1. The maximum absolute atomic E-state index is 15.1. The Labute approximate surface area is 606 Å². The normalized spacial score (nSPS) is 18.7. The summed E-state index contributed by atoms with van der Waals surface area (Å²) in [5.41, 5.74) is 8.93. The Morgan fingerprint density at radius 1 is 0.475 bits per heavy atom. The van der Waals surface area contributed by atoms with Crippen LogP contribution in [0.3, 0.4) is 0 Å². The van der Waals surface area contributed by atoms with Crippen molar-refractivity contribution in [2.24, 2.45) is 17.3 Å². The molecule has 0 fully saturated rings. The van der Waals surface area contributed by atoms with E-state index in [0.717, 1.165) is 145 Å². The molecule has 4 atom stereocenters. The Kier molecular flexibility index (Phi) is 18.7. The fourth-order valence-electron chi connectivity index (χ4n) is 14.5. The summed E-state index contributed by atoms with van der Waals surface area (Å²) in [6, 6.07) is 54.5. The van der Waals surface area contributed by atoms with Crippen LogP contribution in [-0.2, 0) is 15.6 Å².